The van der Waals surface area contributed by atoms with E-state index in [2.05, 4.69) is 0 Å². The van der Waals surface area contributed by atoms with Gasteiger partial charge in [-0.05, 0) is 46.0 Å². The highest BCUT2D eigenvalue weighted by Gasteiger charge is 2.29. The molecule has 1 aliphatic rings. The van der Waals surface area contributed by atoms with E-state index in [9.17, 15) is 13.2 Å². The van der Waals surface area contributed by atoms with Gasteiger partial charge < -0.3 is 9.64 Å². The van der Waals surface area contributed by atoms with Gasteiger partial charge in [-0.2, -0.15) is 13.7 Å². The average molecular weight is 332 g/mol. The zero-order valence-electron chi connectivity index (χ0n) is 13.5. The van der Waals surface area contributed by atoms with E-state index in [1.54, 1.807) is 4.90 Å². The maximum absolute atomic E-state index is 11.9. The Bertz CT molecular complexity index is 524. The lowest BCUT2D eigenvalue weighted by Gasteiger charge is -2.33. The van der Waals surface area contributed by atoms with Crippen LogP contribution >= 0.6 is 0 Å². The molecule has 1 atom stereocenters. The molecule has 1 rings (SSSR count). The molecule has 1 amide bonds. The average Bonchev–Trinajstić information content (AvgIpc) is 2.35. The van der Waals surface area contributed by atoms with Gasteiger partial charge in [-0.3, -0.25) is 4.18 Å². The van der Waals surface area contributed by atoms with Crippen LogP contribution < -0.4 is 0 Å². The first kappa shape index (κ1) is 18.7. The number of nitriles is 1. The van der Waals surface area contributed by atoms with Crippen molar-refractivity contribution < 1.29 is 22.1 Å². The molecule has 22 heavy (non-hydrogen) atoms. The standard InChI is InChI=1S/C14H24N2O5S/c1-14(2,3)20-13(17)16-7-5-11(6-8-16)9-12(10-15)21-22(4,18)19/h11-12H,5-9H2,1-4H3/t12-/m0/s1. The second-order valence-corrected chi connectivity index (χ2v) is 8.17. The Kier molecular flexibility index (Phi) is 6.20. The van der Waals surface area contributed by atoms with Crippen molar-refractivity contribution in [3.63, 3.8) is 0 Å². The van der Waals surface area contributed by atoms with Crippen molar-refractivity contribution >= 4 is 16.2 Å². The molecule has 0 aliphatic carbocycles. The van der Waals surface area contributed by atoms with Crippen LogP contribution in [0.4, 0.5) is 4.79 Å². The molecule has 0 unspecified atom stereocenters. The van der Waals surface area contributed by atoms with Crippen LogP contribution in [0.5, 0.6) is 0 Å². The molecule has 8 heteroatoms. The first-order chi connectivity index (χ1) is 10.00. The fraction of sp³-hybridized carbons (Fsp3) is 0.857. The smallest absolute Gasteiger partial charge is 0.410 e. The molecule has 0 radical (unpaired) electrons. The van der Waals surface area contributed by atoms with Crippen molar-refractivity contribution in [3.05, 3.63) is 0 Å². The summed E-state index contributed by atoms with van der Waals surface area (Å²) in [6.07, 6.45) is 1.38. The number of carbonyl (C=O) groups excluding carboxylic acids is 1. The highest BCUT2D eigenvalue weighted by Crippen LogP contribution is 2.24. The van der Waals surface area contributed by atoms with Gasteiger partial charge in [-0.15, -0.1) is 0 Å². The van der Waals surface area contributed by atoms with Crippen LogP contribution in [0, 0.1) is 17.2 Å². The molecule has 0 aromatic rings. The largest absolute Gasteiger partial charge is 0.444 e. The lowest BCUT2D eigenvalue weighted by molar-refractivity contribution is 0.0173. The summed E-state index contributed by atoms with van der Waals surface area (Å²) < 4.78 is 32.2. The number of piperidine rings is 1. The molecule has 1 heterocycles. The number of nitrogens with zero attached hydrogens (tertiary/aromatic N) is 2. The van der Waals surface area contributed by atoms with Gasteiger partial charge in [0.15, 0.2) is 6.10 Å². The summed E-state index contributed by atoms with van der Waals surface area (Å²) in [5, 5.41) is 8.96. The molecule has 1 aliphatic heterocycles. The Labute approximate surface area is 132 Å². The van der Waals surface area contributed by atoms with E-state index in [0.29, 0.717) is 32.4 Å². The number of likely N-dealkylation sites (tertiary alicyclic amines) is 1. The molecule has 126 valence electrons. The van der Waals surface area contributed by atoms with Crippen LogP contribution in [-0.4, -0.2) is 50.5 Å². The lowest BCUT2D eigenvalue weighted by Crippen LogP contribution is -2.42. The number of hydrogen-bond acceptors (Lipinski definition) is 6. The molecule has 1 fully saturated rings. The number of carbonyl (C=O) groups is 1. The van der Waals surface area contributed by atoms with Crippen LogP contribution in [0.15, 0.2) is 0 Å². The third kappa shape index (κ3) is 7.09. The van der Waals surface area contributed by atoms with Crippen molar-refractivity contribution in [2.75, 3.05) is 19.3 Å². The number of rotatable bonds is 4. The number of hydrogen-bond donors (Lipinski definition) is 0. The van der Waals surface area contributed by atoms with Crippen LogP contribution in [0.1, 0.15) is 40.0 Å². The van der Waals surface area contributed by atoms with Crippen molar-refractivity contribution in [1.82, 2.24) is 4.90 Å². The maximum atomic E-state index is 11.9. The second-order valence-electron chi connectivity index (χ2n) is 6.56. The molecule has 0 aromatic carbocycles. The second kappa shape index (κ2) is 7.29. The monoisotopic (exact) mass is 332 g/mol. The third-order valence-corrected chi connectivity index (χ3v) is 3.83. The SMILES string of the molecule is CC(C)(C)OC(=O)N1CCC(C[C@@H](C#N)OS(C)(=O)=O)CC1. The highest BCUT2D eigenvalue weighted by atomic mass is 32.2. The molecular weight excluding hydrogens is 308 g/mol. The van der Waals surface area contributed by atoms with Crippen molar-refractivity contribution in [3.8, 4) is 6.07 Å². The fourth-order valence-corrected chi connectivity index (χ4v) is 2.85. The van der Waals surface area contributed by atoms with Gasteiger partial charge >= 0.3 is 6.09 Å². The Morgan fingerprint density at radius 2 is 1.91 bits per heavy atom. The van der Waals surface area contributed by atoms with Gasteiger partial charge in [0, 0.05) is 13.1 Å². The van der Waals surface area contributed by atoms with Crippen LogP contribution in [0.25, 0.3) is 0 Å². The van der Waals surface area contributed by atoms with E-state index in [1.807, 2.05) is 26.8 Å². The molecule has 0 saturated carbocycles. The topological polar surface area (TPSA) is 96.7 Å². The minimum absolute atomic E-state index is 0.157. The summed E-state index contributed by atoms with van der Waals surface area (Å²) in [6.45, 7) is 6.53. The van der Waals surface area contributed by atoms with Crippen molar-refractivity contribution in [2.24, 2.45) is 5.92 Å². The molecule has 0 N–H and O–H groups in total. The van der Waals surface area contributed by atoms with Gasteiger partial charge in [0.1, 0.15) is 5.60 Å². The predicted octanol–water partition coefficient (Wildman–Crippen LogP) is 1.89. The fourth-order valence-electron chi connectivity index (χ4n) is 2.30. The molecule has 0 bridgehead atoms. The summed E-state index contributed by atoms with van der Waals surface area (Å²) >= 11 is 0. The van der Waals surface area contributed by atoms with Crippen LogP contribution in [0.2, 0.25) is 0 Å². The summed E-state index contributed by atoms with van der Waals surface area (Å²) in [5.74, 6) is 0.157. The summed E-state index contributed by atoms with van der Waals surface area (Å²) in [7, 11) is -3.64. The lowest BCUT2D eigenvalue weighted by atomic mass is 9.91. The molecule has 0 spiro atoms. The quantitative estimate of drug-likeness (QED) is 0.729. The van der Waals surface area contributed by atoms with E-state index in [4.69, 9.17) is 14.2 Å². The highest BCUT2D eigenvalue weighted by molar-refractivity contribution is 7.86. The number of ether oxygens (including phenoxy) is 1. The van der Waals surface area contributed by atoms with Crippen molar-refractivity contribution in [2.45, 2.75) is 51.7 Å². The Morgan fingerprint density at radius 1 is 1.36 bits per heavy atom. The normalized spacial score (nSPS) is 18.6. The van der Waals surface area contributed by atoms with Gasteiger partial charge in [-0.25, -0.2) is 4.79 Å². The van der Waals surface area contributed by atoms with Crippen LogP contribution in [-0.2, 0) is 19.0 Å². The summed E-state index contributed by atoms with van der Waals surface area (Å²) in [4.78, 5) is 13.6. The molecule has 0 aromatic heterocycles. The van der Waals surface area contributed by atoms with Gasteiger partial charge in [0.05, 0.1) is 12.3 Å². The Balaban J connectivity index is 2.45. The zero-order chi connectivity index (χ0) is 17.0. The molecule has 7 nitrogen and oxygen atoms in total. The molecule has 1 saturated heterocycles. The Hall–Kier alpha value is -1.33. The third-order valence-electron chi connectivity index (χ3n) is 3.25. The predicted molar refractivity (Wildman–Crippen MR) is 80.5 cm³/mol. The van der Waals surface area contributed by atoms with E-state index < -0.39 is 21.8 Å². The van der Waals surface area contributed by atoms with Gasteiger partial charge in [-0.1, -0.05) is 0 Å². The first-order valence-corrected chi connectivity index (χ1v) is 9.07. The summed E-state index contributed by atoms with van der Waals surface area (Å²) in [6, 6.07) is 1.86. The maximum Gasteiger partial charge on any atom is 0.410 e. The number of amides is 1. The van der Waals surface area contributed by atoms with E-state index >= 15 is 0 Å². The summed E-state index contributed by atoms with van der Waals surface area (Å²) in [5.41, 5.74) is -0.525. The first-order valence-electron chi connectivity index (χ1n) is 7.26. The van der Waals surface area contributed by atoms with E-state index in [1.165, 1.54) is 0 Å². The van der Waals surface area contributed by atoms with Crippen LogP contribution in [0.3, 0.4) is 0 Å². The van der Waals surface area contributed by atoms with Crippen molar-refractivity contribution in [1.29, 1.82) is 5.26 Å². The van der Waals surface area contributed by atoms with Gasteiger partial charge in [0.25, 0.3) is 10.1 Å². The molecular formula is C14H24N2O5S. The Morgan fingerprint density at radius 3 is 2.32 bits per heavy atom. The van der Waals surface area contributed by atoms with E-state index in [0.717, 1.165) is 6.26 Å². The minimum Gasteiger partial charge on any atom is -0.444 e. The van der Waals surface area contributed by atoms with E-state index in [-0.39, 0.29) is 12.0 Å². The zero-order valence-corrected chi connectivity index (χ0v) is 14.4. The van der Waals surface area contributed by atoms with Gasteiger partial charge in [0.2, 0.25) is 0 Å². The minimum atomic E-state index is -3.64.